The zero-order valence-corrected chi connectivity index (χ0v) is 17.0. The number of benzene rings is 1. The van der Waals surface area contributed by atoms with Crippen molar-refractivity contribution in [1.82, 2.24) is 9.88 Å². The summed E-state index contributed by atoms with van der Waals surface area (Å²) in [5.74, 6) is 1.74. The van der Waals surface area contributed by atoms with Crippen LogP contribution in [0.3, 0.4) is 0 Å². The summed E-state index contributed by atoms with van der Waals surface area (Å²) in [6.45, 7) is 5.16. The first-order chi connectivity index (χ1) is 13.7. The Kier molecular flexibility index (Phi) is 5.64. The molecule has 0 N–H and O–H groups in total. The summed E-state index contributed by atoms with van der Waals surface area (Å²) in [7, 11) is 1.68. The van der Waals surface area contributed by atoms with Crippen LogP contribution in [-0.2, 0) is 11.2 Å². The number of aryl methyl sites for hydroxylation is 1. The summed E-state index contributed by atoms with van der Waals surface area (Å²) in [5.41, 5.74) is 5.41. The predicted molar refractivity (Wildman–Crippen MR) is 112 cm³/mol. The van der Waals surface area contributed by atoms with E-state index in [1.54, 1.807) is 13.3 Å². The summed E-state index contributed by atoms with van der Waals surface area (Å²) in [6, 6.07) is 10.1. The van der Waals surface area contributed by atoms with E-state index < -0.39 is 0 Å². The molecule has 146 valence electrons. The van der Waals surface area contributed by atoms with Crippen LogP contribution in [-0.4, -0.2) is 49.1 Å². The van der Waals surface area contributed by atoms with Gasteiger partial charge in [0.15, 0.2) is 5.84 Å². The van der Waals surface area contributed by atoms with Crippen molar-refractivity contribution in [2.75, 3.05) is 33.4 Å². The molecule has 0 bridgehead atoms. The lowest BCUT2D eigenvalue weighted by Crippen LogP contribution is -2.42. The van der Waals surface area contributed by atoms with Crippen LogP contribution < -0.4 is 4.74 Å². The Hall–Kier alpha value is -2.37. The molecule has 0 radical (unpaired) electrons. The van der Waals surface area contributed by atoms with Crippen molar-refractivity contribution in [3.8, 4) is 5.75 Å². The topological polar surface area (TPSA) is 47.0 Å². The molecular weight excluding hydrogens is 374 g/mol. The van der Waals surface area contributed by atoms with E-state index in [1.807, 2.05) is 18.2 Å². The van der Waals surface area contributed by atoms with Gasteiger partial charge in [-0.3, -0.25) is 4.98 Å². The van der Waals surface area contributed by atoms with Gasteiger partial charge in [-0.25, -0.2) is 4.99 Å². The molecule has 2 aliphatic heterocycles. The van der Waals surface area contributed by atoms with Crippen LogP contribution in [0.15, 0.2) is 47.1 Å². The molecule has 1 saturated heterocycles. The van der Waals surface area contributed by atoms with E-state index in [4.69, 9.17) is 26.1 Å². The molecule has 1 aromatic heterocycles. The highest BCUT2D eigenvalue weighted by Crippen LogP contribution is 2.30. The van der Waals surface area contributed by atoms with Gasteiger partial charge >= 0.3 is 0 Å². The fraction of sp³-hybridized carbons (Fsp3) is 0.364. The number of methoxy groups -OCH3 is 1. The first-order valence-corrected chi connectivity index (χ1v) is 9.94. The Labute approximate surface area is 170 Å². The second kappa shape index (κ2) is 8.33. The first-order valence-electron chi connectivity index (χ1n) is 9.56. The molecule has 2 aliphatic rings. The molecule has 1 fully saturated rings. The van der Waals surface area contributed by atoms with Gasteiger partial charge in [-0.05, 0) is 61.2 Å². The number of hydrogen-bond donors (Lipinski definition) is 0. The van der Waals surface area contributed by atoms with Gasteiger partial charge in [0, 0.05) is 24.8 Å². The fourth-order valence-electron chi connectivity index (χ4n) is 3.62. The van der Waals surface area contributed by atoms with E-state index in [1.165, 1.54) is 5.57 Å². The van der Waals surface area contributed by atoms with Crippen LogP contribution in [0.25, 0.3) is 5.70 Å². The standard InChI is InChI=1S/C22H24ClN3O2/c1-15-3-4-17-13-18(23)14-24-21(17)22(26-9-11-28-12-10-26)25-20(15)16-5-7-19(27-2)8-6-16/h5-8,13-14H,3-4,9-12H2,1-2H3. The van der Waals surface area contributed by atoms with Gasteiger partial charge < -0.3 is 14.4 Å². The van der Waals surface area contributed by atoms with Crippen molar-refractivity contribution in [2.24, 2.45) is 4.99 Å². The molecule has 0 spiro atoms. The second-order valence-electron chi connectivity index (χ2n) is 7.05. The minimum Gasteiger partial charge on any atom is -0.497 e. The van der Waals surface area contributed by atoms with Gasteiger partial charge in [0.05, 0.1) is 31.0 Å². The van der Waals surface area contributed by atoms with E-state index in [2.05, 4.69) is 28.9 Å². The molecule has 0 amide bonds. The lowest BCUT2D eigenvalue weighted by atomic mass is 9.97. The zero-order valence-electron chi connectivity index (χ0n) is 16.2. The van der Waals surface area contributed by atoms with E-state index in [-0.39, 0.29) is 0 Å². The highest BCUT2D eigenvalue weighted by molar-refractivity contribution is 6.30. The molecule has 0 unspecified atom stereocenters. The van der Waals surface area contributed by atoms with E-state index in [0.717, 1.165) is 60.0 Å². The number of morpholine rings is 1. The molecule has 1 aromatic carbocycles. The van der Waals surface area contributed by atoms with E-state index >= 15 is 0 Å². The van der Waals surface area contributed by atoms with Crippen LogP contribution in [0.4, 0.5) is 0 Å². The Morgan fingerprint density at radius 2 is 1.86 bits per heavy atom. The van der Waals surface area contributed by atoms with Crippen molar-refractivity contribution < 1.29 is 9.47 Å². The van der Waals surface area contributed by atoms with Gasteiger partial charge in [0.1, 0.15) is 11.4 Å². The van der Waals surface area contributed by atoms with Crippen molar-refractivity contribution >= 4 is 23.1 Å². The summed E-state index contributed by atoms with van der Waals surface area (Å²) >= 11 is 6.23. The Morgan fingerprint density at radius 1 is 1.11 bits per heavy atom. The summed E-state index contributed by atoms with van der Waals surface area (Å²) in [4.78, 5) is 12.1. The van der Waals surface area contributed by atoms with Gasteiger partial charge in [-0.15, -0.1) is 0 Å². The van der Waals surface area contributed by atoms with E-state index in [0.29, 0.717) is 18.2 Å². The molecule has 6 heteroatoms. The maximum absolute atomic E-state index is 6.23. The lowest BCUT2D eigenvalue weighted by molar-refractivity contribution is 0.0682. The lowest BCUT2D eigenvalue weighted by Gasteiger charge is -2.31. The number of aliphatic imine (C=N–C) groups is 1. The number of nitrogens with zero attached hydrogens (tertiary/aromatic N) is 3. The fourth-order valence-corrected chi connectivity index (χ4v) is 3.80. The number of hydrogen-bond acceptors (Lipinski definition) is 5. The number of fused-ring (bicyclic) bond motifs is 1. The minimum absolute atomic E-state index is 0.665. The molecule has 2 aromatic rings. The molecule has 3 heterocycles. The SMILES string of the molecule is COc1ccc(C2=C(C)CCc3cc(Cl)cnc3C(N3CCOCC3)=N2)cc1. The zero-order chi connectivity index (χ0) is 19.5. The van der Waals surface area contributed by atoms with Crippen LogP contribution in [0.1, 0.15) is 30.2 Å². The molecule has 0 saturated carbocycles. The van der Waals surface area contributed by atoms with Gasteiger partial charge in [0.2, 0.25) is 0 Å². The minimum atomic E-state index is 0.665. The predicted octanol–water partition coefficient (Wildman–Crippen LogP) is 4.20. The van der Waals surface area contributed by atoms with Crippen LogP contribution >= 0.6 is 11.6 Å². The van der Waals surface area contributed by atoms with Crippen LogP contribution in [0.5, 0.6) is 5.75 Å². The number of pyridine rings is 1. The Morgan fingerprint density at radius 3 is 2.57 bits per heavy atom. The van der Waals surface area contributed by atoms with Gasteiger partial charge in [-0.1, -0.05) is 11.6 Å². The summed E-state index contributed by atoms with van der Waals surface area (Å²) < 4.78 is 10.9. The van der Waals surface area contributed by atoms with Crippen molar-refractivity contribution in [1.29, 1.82) is 0 Å². The van der Waals surface area contributed by atoms with Crippen LogP contribution in [0.2, 0.25) is 5.02 Å². The number of ether oxygens (including phenoxy) is 2. The normalized spacial score (nSPS) is 17.5. The third-order valence-electron chi connectivity index (χ3n) is 5.21. The van der Waals surface area contributed by atoms with Crippen molar-refractivity contribution in [2.45, 2.75) is 19.8 Å². The van der Waals surface area contributed by atoms with Crippen molar-refractivity contribution in [3.05, 3.63) is 63.9 Å². The maximum Gasteiger partial charge on any atom is 0.155 e. The summed E-state index contributed by atoms with van der Waals surface area (Å²) in [6.07, 6.45) is 3.51. The number of amidine groups is 1. The quantitative estimate of drug-likeness (QED) is 0.761. The third-order valence-corrected chi connectivity index (χ3v) is 5.42. The van der Waals surface area contributed by atoms with E-state index in [9.17, 15) is 0 Å². The largest absolute Gasteiger partial charge is 0.497 e. The monoisotopic (exact) mass is 397 g/mol. The third kappa shape index (κ3) is 3.91. The Bertz CT molecular complexity index is 916. The van der Waals surface area contributed by atoms with Crippen molar-refractivity contribution in [3.63, 3.8) is 0 Å². The first kappa shape index (κ1) is 19.0. The smallest absolute Gasteiger partial charge is 0.155 e. The van der Waals surface area contributed by atoms with Gasteiger partial charge in [-0.2, -0.15) is 0 Å². The molecule has 4 rings (SSSR count). The summed E-state index contributed by atoms with van der Waals surface area (Å²) in [5, 5.41) is 0.665. The average Bonchev–Trinajstić information content (AvgIpc) is 2.73. The van der Waals surface area contributed by atoms with Gasteiger partial charge in [0.25, 0.3) is 0 Å². The Balaban J connectivity index is 1.84. The number of halogens is 1. The maximum atomic E-state index is 6.23. The number of rotatable bonds is 2. The highest BCUT2D eigenvalue weighted by atomic mass is 35.5. The highest BCUT2D eigenvalue weighted by Gasteiger charge is 2.24. The average molecular weight is 398 g/mol. The number of allylic oxidation sites excluding steroid dienone is 1. The molecule has 5 nitrogen and oxygen atoms in total. The molecule has 28 heavy (non-hydrogen) atoms. The molecular formula is C22H24ClN3O2. The second-order valence-corrected chi connectivity index (χ2v) is 7.49. The van der Waals surface area contributed by atoms with Crippen LogP contribution in [0, 0.1) is 0 Å². The molecule has 0 aliphatic carbocycles. The molecule has 0 atom stereocenters. The number of aromatic nitrogens is 1.